The zero-order chi connectivity index (χ0) is 19.6. The molecule has 0 bridgehead atoms. The zero-order valence-electron chi connectivity index (χ0n) is 15.2. The Bertz CT molecular complexity index is 771. The van der Waals surface area contributed by atoms with Crippen LogP contribution in [0.4, 0.5) is 11.4 Å². The van der Waals surface area contributed by atoms with E-state index in [0.717, 1.165) is 5.69 Å². The molecule has 146 valence electrons. The van der Waals surface area contributed by atoms with E-state index in [2.05, 4.69) is 10.6 Å². The van der Waals surface area contributed by atoms with Gasteiger partial charge in [0, 0.05) is 25.1 Å². The fourth-order valence-corrected chi connectivity index (χ4v) is 2.72. The highest BCUT2D eigenvalue weighted by molar-refractivity contribution is 6.32. The molecule has 0 saturated heterocycles. The Hall–Kier alpha value is -2.15. The highest BCUT2D eigenvalue weighted by Crippen LogP contribution is 2.33. The lowest BCUT2D eigenvalue weighted by Crippen LogP contribution is -2.17. The molecule has 0 aliphatic heterocycles. The van der Waals surface area contributed by atoms with Gasteiger partial charge in [-0.1, -0.05) is 29.3 Å². The van der Waals surface area contributed by atoms with Crippen molar-refractivity contribution in [3.05, 3.63) is 46.4 Å². The van der Waals surface area contributed by atoms with Crippen molar-refractivity contribution in [3.8, 4) is 11.5 Å². The highest BCUT2D eigenvalue weighted by atomic mass is 35.5. The molecule has 2 rings (SSSR count). The second-order valence-electron chi connectivity index (χ2n) is 5.53. The van der Waals surface area contributed by atoms with Gasteiger partial charge < -0.3 is 24.8 Å². The van der Waals surface area contributed by atoms with Crippen molar-refractivity contribution in [3.63, 3.8) is 0 Å². The first-order valence-corrected chi connectivity index (χ1v) is 9.08. The number of benzene rings is 2. The summed E-state index contributed by atoms with van der Waals surface area (Å²) in [5, 5.41) is 6.97. The molecular formula is C19H22Cl2N2O4. The van der Waals surface area contributed by atoms with E-state index < -0.39 is 0 Å². The van der Waals surface area contributed by atoms with Gasteiger partial charge in [-0.3, -0.25) is 4.79 Å². The number of hydrogen-bond donors (Lipinski definition) is 2. The second kappa shape index (κ2) is 10.9. The molecule has 2 N–H and O–H groups in total. The topological polar surface area (TPSA) is 68.8 Å². The molecule has 1 amide bonds. The molecule has 0 aliphatic carbocycles. The number of methoxy groups -OCH3 is 2. The van der Waals surface area contributed by atoms with E-state index in [1.54, 1.807) is 50.6 Å². The molecule has 6 nitrogen and oxygen atoms in total. The Balaban J connectivity index is 1.93. The molecule has 2 aromatic rings. The first-order chi connectivity index (χ1) is 13.0. The zero-order valence-corrected chi connectivity index (χ0v) is 16.7. The summed E-state index contributed by atoms with van der Waals surface area (Å²) < 4.78 is 15.8. The Kier molecular flexibility index (Phi) is 8.51. The number of para-hydroxylation sites is 1. The van der Waals surface area contributed by atoms with Gasteiger partial charge in [0.05, 0.1) is 30.1 Å². The number of rotatable bonds is 10. The summed E-state index contributed by atoms with van der Waals surface area (Å²) in [6, 6.07) is 10.4. The minimum Gasteiger partial charge on any atom is -0.495 e. The van der Waals surface area contributed by atoms with Crippen LogP contribution in [0.2, 0.25) is 10.0 Å². The standard InChI is InChI=1S/C19H22Cl2N2O4/c1-25-10-11-27-19-14(21)4-3-5-15(19)23-18(24)8-9-22-16-12-13(20)6-7-17(16)26-2/h3-7,12,22H,8-11H2,1-2H3,(H,23,24). The minimum atomic E-state index is -0.178. The average Bonchev–Trinajstić information content (AvgIpc) is 2.64. The van der Waals surface area contributed by atoms with Crippen LogP contribution < -0.4 is 20.1 Å². The molecule has 27 heavy (non-hydrogen) atoms. The maximum Gasteiger partial charge on any atom is 0.226 e. The van der Waals surface area contributed by atoms with Crippen LogP contribution in [0.1, 0.15) is 6.42 Å². The third-order valence-corrected chi connectivity index (χ3v) is 4.14. The molecular weight excluding hydrogens is 391 g/mol. The molecule has 0 saturated carbocycles. The average molecular weight is 413 g/mol. The van der Waals surface area contributed by atoms with E-state index in [9.17, 15) is 4.79 Å². The van der Waals surface area contributed by atoms with Gasteiger partial charge in [0.15, 0.2) is 5.75 Å². The Morgan fingerprint density at radius 1 is 1.07 bits per heavy atom. The largest absolute Gasteiger partial charge is 0.495 e. The molecule has 0 fully saturated rings. The van der Waals surface area contributed by atoms with Crippen LogP contribution in [0.25, 0.3) is 0 Å². The van der Waals surface area contributed by atoms with Gasteiger partial charge >= 0.3 is 0 Å². The lowest BCUT2D eigenvalue weighted by molar-refractivity contribution is -0.116. The fourth-order valence-electron chi connectivity index (χ4n) is 2.32. The quantitative estimate of drug-likeness (QED) is 0.563. The van der Waals surface area contributed by atoms with Crippen molar-refractivity contribution < 1.29 is 19.0 Å². The predicted octanol–water partition coefficient (Wildman–Crippen LogP) is 4.47. The molecule has 0 atom stereocenters. The number of carbonyl (C=O) groups is 1. The maximum absolute atomic E-state index is 12.3. The summed E-state index contributed by atoms with van der Waals surface area (Å²) in [7, 11) is 3.16. The fraction of sp³-hybridized carbons (Fsp3) is 0.316. The van der Waals surface area contributed by atoms with Crippen molar-refractivity contribution in [1.29, 1.82) is 0 Å². The molecule has 0 aromatic heterocycles. The van der Waals surface area contributed by atoms with E-state index in [0.29, 0.717) is 47.0 Å². The summed E-state index contributed by atoms with van der Waals surface area (Å²) in [5.74, 6) is 0.903. The number of hydrogen-bond acceptors (Lipinski definition) is 5. The number of ether oxygens (including phenoxy) is 3. The van der Waals surface area contributed by atoms with Crippen molar-refractivity contribution in [2.75, 3.05) is 44.6 Å². The van der Waals surface area contributed by atoms with Gasteiger partial charge in [0.25, 0.3) is 0 Å². The lowest BCUT2D eigenvalue weighted by Gasteiger charge is -2.14. The van der Waals surface area contributed by atoms with Gasteiger partial charge in [-0.25, -0.2) is 0 Å². The van der Waals surface area contributed by atoms with Crippen molar-refractivity contribution in [2.45, 2.75) is 6.42 Å². The normalized spacial score (nSPS) is 10.4. The lowest BCUT2D eigenvalue weighted by atomic mass is 10.2. The van der Waals surface area contributed by atoms with Crippen LogP contribution in [-0.4, -0.2) is 39.9 Å². The first kappa shape index (κ1) is 21.2. The summed E-state index contributed by atoms with van der Waals surface area (Å²) in [6.45, 7) is 1.16. The number of amides is 1. The van der Waals surface area contributed by atoms with Crippen LogP contribution in [0.3, 0.4) is 0 Å². The summed E-state index contributed by atoms with van der Waals surface area (Å²) in [6.07, 6.45) is 0.236. The predicted molar refractivity (Wildman–Crippen MR) is 109 cm³/mol. The maximum atomic E-state index is 12.3. The molecule has 8 heteroatoms. The Morgan fingerprint density at radius 2 is 1.89 bits per heavy atom. The SMILES string of the molecule is COCCOc1c(Cl)cccc1NC(=O)CCNc1cc(Cl)ccc1OC. The van der Waals surface area contributed by atoms with Gasteiger partial charge in [-0.2, -0.15) is 0 Å². The summed E-state index contributed by atoms with van der Waals surface area (Å²) in [4.78, 5) is 12.3. The van der Waals surface area contributed by atoms with Crippen molar-refractivity contribution in [2.24, 2.45) is 0 Å². The highest BCUT2D eigenvalue weighted by Gasteiger charge is 2.12. The molecule has 0 heterocycles. The number of nitrogens with one attached hydrogen (secondary N) is 2. The van der Waals surface area contributed by atoms with Gasteiger partial charge in [0.1, 0.15) is 12.4 Å². The van der Waals surface area contributed by atoms with Crippen molar-refractivity contribution >= 4 is 40.5 Å². The Morgan fingerprint density at radius 3 is 2.63 bits per heavy atom. The Labute approximate surface area is 168 Å². The van der Waals surface area contributed by atoms with E-state index >= 15 is 0 Å². The molecule has 0 aliphatic rings. The molecule has 2 aromatic carbocycles. The number of carbonyl (C=O) groups excluding carboxylic acids is 1. The van der Waals surface area contributed by atoms with E-state index in [-0.39, 0.29) is 12.3 Å². The summed E-state index contributed by atoms with van der Waals surface area (Å²) >= 11 is 12.2. The van der Waals surface area contributed by atoms with Crippen LogP contribution in [-0.2, 0) is 9.53 Å². The van der Waals surface area contributed by atoms with E-state index in [1.807, 2.05) is 0 Å². The summed E-state index contributed by atoms with van der Waals surface area (Å²) in [5.41, 5.74) is 1.24. The second-order valence-corrected chi connectivity index (χ2v) is 6.37. The minimum absolute atomic E-state index is 0.178. The van der Waals surface area contributed by atoms with Gasteiger partial charge in [-0.15, -0.1) is 0 Å². The van der Waals surface area contributed by atoms with Crippen molar-refractivity contribution in [1.82, 2.24) is 0 Å². The van der Waals surface area contributed by atoms with Crippen LogP contribution in [0, 0.1) is 0 Å². The van der Waals surface area contributed by atoms with E-state index in [4.69, 9.17) is 37.4 Å². The van der Waals surface area contributed by atoms with E-state index in [1.165, 1.54) is 0 Å². The molecule has 0 spiro atoms. The van der Waals surface area contributed by atoms with Gasteiger partial charge in [-0.05, 0) is 30.3 Å². The molecule has 0 unspecified atom stereocenters. The van der Waals surface area contributed by atoms with Gasteiger partial charge in [0.2, 0.25) is 5.91 Å². The number of halogens is 2. The smallest absolute Gasteiger partial charge is 0.226 e. The van der Waals surface area contributed by atoms with Crippen LogP contribution in [0.15, 0.2) is 36.4 Å². The first-order valence-electron chi connectivity index (χ1n) is 8.32. The van der Waals surface area contributed by atoms with Crippen LogP contribution >= 0.6 is 23.2 Å². The monoisotopic (exact) mass is 412 g/mol. The number of anilines is 2. The van der Waals surface area contributed by atoms with Crippen LogP contribution in [0.5, 0.6) is 11.5 Å². The third-order valence-electron chi connectivity index (χ3n) is 3.60. The third kappa shape index (κ3) is 6.50. The molecule has 0 radical (unpaired) electrons.